The third-order valence-electron chi connectivity index (χ3n) is 3.84. The summed E-state index contributed by atoms with van der Waals surface area (Å²) in [5.41, 5.74) is 2.16. The van der Waals surface area contributed by atoms with E-state index in [0.717, 1.165) is 27.5 Å². The van der Waals surface area contributed by atoms with E-state index in [-0.39, 0.29) is 5.56 Å². The second-order valence-corrected chi connectivity index (χ2v) is 7.34. The Hall–Kier alpha value is -2.12. The standard InChI is InChI=1S/C17H16N4OS2/c1-2-9-20-15(22)14-13(8-10-23-14)21-16(20)18-19-17(21)24-11-12-6-4-3-5-7-12/h3-8,10H,2,9,11H2,1H3. The number of rotatable bonds is 5. The number of thioether (sulfide) groups is 1. The number of aryl methyl sites for hydroxylation is 1. The van der Waals surface area contributed by atoms with Crippen LogP contribution in [0.15, 0.2) is 51.7 Å². The molecule has 0 bridgehead atoms. The van der Waals surface area contributed by atoms with Crippen LogP contribution < -0.4 is 5.56 Å². The number of benzene rings is 1. The molecular weight excluding hydrogens is 340 g/mol. The highest BCUT2D eigenvalue weighted by molar-refractivity contribution is 7.98. The Kier molecular flexibility index (Phi) is 4.12. The lowest BCUT2D eigenvalue weighted by molar-refractivity contribution is 0.663. The van der Waals surface area contributed by atoms with Crippen LogP contribution in [0.5, 0.6) is 0 Å². The van der Waals surface area contributed by atoms with Gasteiger partial charge in [-0.15, -0.1) is 21.5 Å². The van der Waals surface area contributed by atoms with Gasteiger partial charge in [-0.2, -0.15) is 0 Å². The molecule has 0 spiro atoms. The molecule has 3 aromatic heterocycles. The topological polar surface area (TPSA) is 52.2 Å². The zero-order valence-corrected chi connectivity index (χ0v) is 14.8. The highest BCUT2D eigenvalue weighted by atomic mass is 32.2. The first-order valence-corrected chi connectivity index (χ1v) is 9.68. The second kappa shape index (κ2) is 6.41. The molecule has 0 aliphatic rings. The maximum Gasteiger partial charge on any atom is 0.272 e. The monoisotopic (exact) mass is 356 g/mol. The van der Waals surface area contributed by atoms with E-state index in [2.05, 4.69) is 29.3 Å². The third-order valence-corrected chi connectivity index (χ3v) is 5.73. The summed E-state index contributed by atoms with van der Waals surface area (Å²) in [6.45, 7) is 2.71. The lowest BCUT2D eigenvalue weighted by atomic mass is 10.2. The summed E-state index contributed by atoms with van der Waals surface area (Å²) in [6, 6.07) is 12.3. The van der Waals surface area contributed by atoms with Crippen molar-refractivity contribution in [3.63, 3.8) is 0 Å². The number of fused-ring (bicyclic) bond motifs is 3. The molecule has 1 aromatic carbocycles. The smallest absolute Gasteiger partial charge is 0.272 e. The van der Waals surface area contributed by atoms with E-state index in [1.54, 1.807) is 16.3 Å². The van der Waals surface area contributed by atoms with Crippen LogP contribution in [0.25, 0.3) is 16.0 Å². The summed E-state index contributed by atoms with van der Waals surface area (Å²) in [5, 5.41) is 11.4. The average Bonchev–Trinajstić information content (AvgIpc) is 3.24. The van der Waals surface area contributed by atoms with Gasteiger partial charge >= 0.3 is 0 Å². The van der Waals surface area contributed by atoms with Crippen LogP contribution in [0.3, 0.4) is 0 Å². The second-order valence-electron chi connectivity index (χ2n) is 5.48. The molecule has 0 N–H and O–H groups in total. The molecule has 24 heavy (non-hydrogen) atoms. The predicted octanol–water partition coefficient (Wildman–Crippen LogP) is 3.81. The quantitative estimate of drug-likeness (QED) is 0.510. The number of thiophene rings is 1. The SMILES string of the molecule is CCCn1c(=O)c2sccc2n2c(SCc3ccccc3)nnc12. The molecule has 7 heteroatoms. The van der Waals surface area contributed by atoms with Gasteiger partial charge in [0, 0.05) is 12.3 Å². The van der Waals surface area contributed by atoms with Gasteiger partial charge in [0.05, 0.1) is 5.52 Å². The van der Waals surface area contributed by atoms with Gasteiger partial charge in [-0.3, -0.25) is 13.8 Å². The summed E-state index contributed by atoms with van der Waals surface area (Å²) in [7, 11) is 0. The van der Waals surface area contributed by atoms with Gasteiger partial charge < -0.3 is 0 Å². The van der Waals surface area contributed by atoms with Crippen molar-refractivity contribution in [1.82, 2.24) is 19.2 Å². The first kappa shape index (κ1) is 15.4. The summed E-state index contributed by atoms with van der Waals surface area (Å²) >= 11 is 3.12. The van der Waals surface area contributed by atoms with Crippen molar-refractivity contribution in [2.45, 2.75) is 30.8 Å². The molecule has 4 aromatic rings. The van der Waals surface area contributed by atoms with E-state index < -0.39 is 0 Å². The van der Waals surface area contributed by atoms with Gasteiger partial charge in [0.1, 0.15) is 4.70 Å². The average molecular weight is 356 g/mol. The zero-order chi connectivity index (χ0) is 16.5. The van der Waals surface area contributed by atoms with Crippen molar-refractivity contribution >= 4 is 39.1 Å². The van der Waals surface area contributed by atoms with E-state index >= 15 is 0 Å². The van der Waals surface area contributed by atoms with E-state index in [1.807, 2.05) is 34.0 Å². The van der Waals surface area contributed by atoms with Gasteiger partial charge in [0.15, 0.2) is 5.16 Å². The molecule has 0 aliphatic carbocycles. The maximum atomic E-state index is 12.7. The minimum Gasteiger partial charge on any atom is -0.276 e. The van der Waals surface area contributed by atoms with Crippen molar-refractivity contribution in [3.05, 3.63) is 57.7 Å². The molecule has 0 amide bonds. The minimum atomic E-state index is 0.0290. The normalized spacial score (nSPS) is 11.5. The Labute approximate surface area is 147 Å². The van der Waals surface area contributed by atoms with Crippen LogP contribution in [-0.2, 0) is 12.3 Å². The molecule has 0 saturated carbocycles. The van der Waals surface area contributed by atoms with Crippen LogP contribution in [0.1, 0.15) is 18.9 Å². The van der Waals surface area contributed by atoms with Crippen LogP contribution in [-0.4, -0.2) is 19.2 Å². The third kappa shape index (κ3) is 2.53. The first-order chi connectivity index (χ1) is 11.8. The van der Waals surface area contributed by atoms with Crippen LogP contribution in [0.4, 0.5) is 0 Å². The van der Waals surface area contributed by atoms with Crippen molar-refractivity contribution in [3.8, 4) is 0 Å². The molecule has 0 saturated heterocycles. The highest BCUT2D eigenvalue weighted by Gasteiger charge is 2.17. The Morgan fingerprint density at radius 1 is 1.17 bits per heavy atom. The molecule has 0 unspecified atom stereocenters. The first-order valence-electron chi connectivity index (χ1n) is 7.81. The Bertz CT molecular complexity index is 1050. The van der Waals surface area contributed by atoms with Gasteiger partial charge in [0.25, 0.3) is 5.56 Å². The van der Waals surface area contributed by atoms with Gasteiger partial charge in [0.2, 0.25) is 5.78 Å². The molecule has 3 heterocycles. The summed E-state index contributed by atoms with van der Waals surface area (Å²) in [6.07, 6.45) is 0.881. The molecule has 5 nitrogen and oxygen atoms in total. The lowest BCUT2D eigenvalue weighted by Crippen LogP contribution is -2.22. The Balaban J connectivity index is 1.84. The fraction of sp³-hybridized carbons (Fsp3) is 0.235. The van der Waals surface area contributed by atoms with Gasteiger partial charge in [-0.05, 0) is 23.4 Å². The van der Waals surface area contributed by atoms with Crippen LogP contribution >= 0.6 is 23.1 Å². The van der Waals surface area contributed by atoms with Crippen LogP contribution in [0.2, 0.25) is 0 Å². The molecule has 122 valence electrons. The highest BCUT2D eigenvalue weighted by Crippen LogP contribution is 2.26. The van der Waals surface area contributed by atoms with Gasteiger partial charge in [-0.1, -0.05) is 49.0 Å². The predicted molar refractivity (Wildman–Crippen MR) is 98.9 cm³/mol. The number of hydrogen-bond donors (Lipinski definition) is 0. The molecule has 0 atom stereocenters. The summed E-state index contributed by atoms with van der Waals surface area (Å²) in [4.78, 5) is 12.7. The van der Waals surface area contributed by atoms with Crippen molar-refractivity contribution in [2.24, 2.45) is 0 Å². The van der Waals surface area contributed by atoms with Crippen molar-refractivity contribution in [1.29, 1.82) is 0 Å². The largest absolute Gasteiger partial charge is 0.276 e. The fourth-order valence-corrected chi connectivity index (χ4v) is 4.46. The Morgan fingerprint density at radius 2 is 2.00 bits per heavy atom. The fourth-order valence-electron chi connectivity index (χ4n) is 2.74. The summed E-state index contributed by atoms with van der Waals surface area (Å²) < 4.78 is 4.51. The van der Waals surface area contributed by atoms with E-state index in [0.29, 0.717) is 12.3 Å². The summed E-state index contributed by atoms with van der Waals surface area (Å²) in [5.74, 6) is 1.45. The molecule has 0 aliphatic heterocycles. The molecule has 0 fully saturated rings. The van der Waals surface area contributed by atoms with E-state index in [4.69, 9.17) is 0 Å². The molecular formula is C17H16N4OS2. The number of nitrogens with zero attached hydrogens (tertiary/aromatic N) is 4. The number of hydrogen-bond acceptors (Lipinski definition) is 5. The van der Waals surface area contributed by atoms with Crippen LogP contribution in [0, 0.1) is 0 Å². The van der Waals surface area contributed by atoms with Gasteiger partial charge in [-0.25, -0.2) is 0 Å². The molecule has 4 rings (SSSR count). The zero-order valence-electron chi connectivity index (χ0n) is 13.2. The minimum absolute atomic E-state index is 0.0290. The van der Waals surface area contributed by atoms with E-state index in [1.165, 1.54) is 16.9 Å². The maximum absolute atomic E-state index is 12.7. The lowest BCUT2D eigenvalue weighted by Gasteiger charge is -2.08. The van der Waals surface area contributed by atoms with E-state index in [9.17, 15) is 4.79 Å². The van der Waals surface area contributed by atoms with Crippen molar-refractivity contribution in [2.75, 3.05) is 0 Å². The number of aromatic nitrogens is 4. The Morgan fingerprint density at radius 3 is 2.79 bits per heavy atom. The van der Waals surface area contributed by atoms with Crippen molar-refractivity contribution < 1.29 is 0 Å². The molecule has 0 radical (unpaired) electrons.